The van der Waals surface area contributed by atoms with Gasteiger partial charge < -0.3 is 10.5 Å². The van der Waals surface area contributed by atoms with Crippen LogP contribution < -0.4 is 11.1 Å². The molecule has 0 aromatic heterocycles. The van der Waals surface area contributed by atoms with Crippen molar-refractivity contribution < 1.29 is 19.1 Å². The first-order chi connectivity index (χ1) is 8.40. The van der Waals surface area contributed by atoms with Crippen LogP contribution in [0.25, 0.3) is 0 Å². The van der Waals surface area contributed by atoms with E-state index >= 15 is 0 Å². The van der Waals surface area contributed by atoms with Crippen LogP contribution in [0.3, 0.4) is 0 Å². The molecule has 0 aliphatic rings. The van der Waals surface area contributed by atoms with Crippen molar-refractivity contribution in [1.29, 1.82) is 0 Å². The number of benzene rings is 1. The predicted octanol–water partition coefficient (Wildman–Crippen LogP) is 0.735. The van der Waals surface area contributed by atoms with Crippen LogP contribution in [0.1, 0.15) is 22.8 Å². The van der Waals surface area contributed by atoms with Crippen molar-refractivity contribution in [2.24, 2.45) is 5.73 Å². The number of primary amides is 1. The van der Waals surface area contributed by atoms with E-state index < -0.39 is 24.0 Å². The van der Waals surface area contributed by atoms with Gasteiger partial charge in [-0.05, 0) is 26.0 Å². The van der Waals surface area contributed by atoms with Crippen LogP contribution in [-0.2, 0) is 9.53 Å². The molecule has 6 heteroatoms. The van der Waals surface area contributed by atoms with Crippen molar-refractivity contribution in [2.45, 2.75) is 20.0 Å². The molecule has 1 rings (SSSR count). The van der Waals surface area contributed by atoms with Crippen LogP contribution in [0.15, 0.2) is 24.3 Å². The van der Waals surface area contributed by atoms with Crippen molar-refractivity contribution in [3.8, 4) is 0 Å². The Bertz CT molecular complexity index is 467. The number of carbonyl (C=O) groups excluding carboxylic acids is 3. The maximum atomic E-state index is 11.6. The van der Waals surface area contributed by atoms with Crippen LogP contribution in [-0.4, -0.2) is 24.0 Å². The maximum absolute atomic E-state index is 11.6. The Morgan fingerprint density at radius 3 is 2.28 bits per heavy atom. The Kier molecular flexibility index (Phi) is 4.42. The number of aryl methyl sites for hydroxylation is 1. The second-order valence-electron chi connectivity index (χ2n) is 3.77. The third-order valence-electron chi connectivity index (χ3n) is 2.19. The van der Waals surface area contributed by atoms with E-state index in [1.54, 1.807) is 24.3 Å². The number of amides is 3. The highest BCUT2D eigenvalue weighted by Crippen LogP contribution is 2.06. The molecular formula is C12H14N2O4. The molecule has 0 saturated heterocycles. The molecule has 18 heavy (non-hydrogen) atoms. The number of urea groups is 1. The number of carbonyl (C=O) groups is 3. The normalized spacial score (nSPS) is 11.4. The second-order valence-corrected chi connectivity index (χ2v) is 3.77. The molecule has 0 heterocycles. The first-order valence-corrected chi connectivity index (χ1v) is 5.28. The summed E-state index contributed by atoms with van der Waals surface area (Å²) in [6.07, 6.45) is -1.09. The van der Waals surface area contributed by atoms with Crippen molar-refractivity contribution in [1.82, 2.24) is 5.32 Å². The zero-order valence-corrected chi connectivity index (χ0v) is 10.1. The van der Waals surface area contributed by atoms with E-state index in [0.29, 0.717) is 5.56 Å². The lowest BCUT2D eigenvalue weighted by Gasteiger charge is -2.11. The van der Waals surface area contributed by atoms with Crippen molar-refractivity contribution in [2.75, 3.05) is 0 Å². The van der Waals surface area contributed by atoms with Gasteiger partial charge in [0, 0.05) is 0 Å². The van der Waals surface area contributed by atoms with Gasteiger partial charge in [0.2, 0.25) is 0 Å². The van der Waals surface area contributed by atoms with E-state index in [-0.39, 0.29) is 0 Å². The number of hydrogen-bond acceptors (Lipinski definition) is 4. The molecule has 0 saturated carbocycles. The molecule has 0 aliphatic heterocycles. The van der Waals surface area contributed by atoms with E-state index in [2.05, 4.69) is 0 Å². The van der Waals surface area contributed by atoms with E-state index in [0.717, 1.165) is 5.56 Å². The fraction of sp³-hybridized carbons (Fsp3) is 0.250. The van der Waals surface area contributed by atoms with Crippen molar-refractivity contribution in [3.05, 3.63) is 35.4 Å². The van der Waals surface area contributed by atoms with Gasteiger partial charge in [-0.15, -0.1) is 0 Å². The van der Waals surface area contributed by atoms with Crippen LogP contribution in [0.2, 0.25) is 0 Å². The molecule has 3 N–H and O–H groups in total. The summed E-state index contributed by atoms with van der Waals surface area (Å²) in [4.78, 5) is 33.4. The molecule has 1 aromatic rings. The molecular weight excluding hydrogens is 236 g/mol. The van der Waals surface area contributed by atoms with Crippen LogP contribution in [0.5, 0.6) is 0 Å². The second kappa shape index (κ2) is 5.81. The van der Waals surface area contributed by atoms with Gasteiger partial charge >= 0.3 is 12.0 Å². The Labute approximate surface area is 104 Å². The van der Waals surface area contributed by atoms with Crippen LogP contribution >= 0.6 is 0 Å². The quantitative estimate of drug-likeness (QED) is 0.773. The summed E-state index contributed by atoms with van der Waals surface area (Å²) in [7, 11) is 0. The third kappa shape index (κ3) is 3.89. The fourth-order valence-electron chi connectivity index (χ4n) is 1.19. The first-order valence-electron chi connectivity index (χ1n) is 5.28. The van der Waals surface area contributed by atoms with Crippen molar-refractivity contribution >= 4 is 17.9 Å². The summed E-state index contributed by atoms with van der Waals surface area (Å²) in [5, 5.41) is 1.83. The summed E-state index contributed by atoms with van der Waals surface area (Å²) in [5.74, 6) is -1.40. The highest BCUT2D eigenvalue weighted by atomic mass is 16.5. The van der Waals surface area contributed by atoms with Gasteiger partial charge in [-0.2, -0.15) is 0 Å². The highest BCUT2D eigenvalue weighted by molar-refractivity contribution is 5.98. The first kappa shape index (κ1) is 13.7. The molecule has 0 fully saturated rings. The smallest absolute Gasteiger partial charge is 0.338 e. The van der Waals surface area contributed by atoms with Gasteiger partial charge in [0.25, 0.3) is 5.91 Å². The lowest BCUT2D eigenvalue weighted by Crippen LogP contribution is -2.42. The van der Waals surface area contributed by atoms with Gasteiger partial charge in [0.1, 0.15) is 0 Å². The Balaban J connectivity index is 2.62. The molecule has 0 aliphatic carbocycles. The average molecular weight is 250 g/mol. The van der Waals surface area contributed by atoms with E-state index in [9.17, 15) is 14.4 Å². The Morgan fingerprint density at radius 2 is 1.78 bits per heavy atom. The SMILES string of the molecule is Cc1ccc(C(=O)O[C@H](C)C(=O)NC(N)=O)cc1. The zero-order chi connectivity index (χ0) is 13.7. The average Bonchev–Trinajstić information content (AvgIpc) is 2.28. The van der Waals surface area contributed by atoms with Crippen LogP contribution in [0, 0.1) is 6.92 Å². The number of imide groups is 1. The molecule has 1 aromatic carbocycles. The molecule has 0 unspecified atom stereocenters. The summed E-state index contributed by atoms with van der Waals surface area (Å²) in [6.45, 7) is 3.24. The lowest BCUT2D eigenvalue weighted by atomic mass is 10.1. The molecule has 6 nitrogen and oxygen atoms in total. The number of esters is 1. The molecule has 96 valence electrons. The van der Waals surface area contributed by atoms with Gasteiger partial charge in [-0.3, -0.25) is 10.1 Å². The van der Waals surface area contributed by atoms with Crippen molar-refractivity contribution in [3.63, 3.8) is 0 Å². The maximum Gasteiger partial charge on any atom is 0.338 e. The highest BCUT2D eigenvalue weighted by Gasteiger charge is 2.19. The monoisotopic (exact) mass is 250 g/mol. The zero-order valence-electron chi connectivity index (χ0n) is 10.1. The minimum Gasteiger partial charge on any atom is -0.449 e. The lowest BCUT2D eigenvalue weighted by molar-refractivity contribution is -0.127. The number of nitrogens with one attached hydrogen (secondary N) is 1. The standard InChI is InChI=1S/C12H14N2O4/c1-7-3-5-9(6-4-7)11(16)18-8(2)10(15)14-12(13)17/h3-6,8H,1-2H3,(H3,13,14,15,17)/t8-/m1/s1. The minimum absolute atomic E-state index is 0.333. The fourth-order valence-corrected chi connectivity index (χ4v) is 1.19. The molecule has 0 bridgehead atoms. The minimum atomic E-state index is -1.09. The summed E-state index contributed by atoms with van der Waals surface area (Å²) in [5.41, 5.74) is 6.12. The predicted molar refractivity (Wildman–Crippen MR) is 63.8 cm³/mol. The van der Waals surface area contributed by atoms with Crippen LogP contribution in [0.4, 0.5) is 4.79 Å². The van der Waals surface area contributed by atoms with Gasteiger partial charge in [-0.25, -0.2) is 9.59 Å². The molecule has 1 atom stereocenters. The summed E-state index contributed by atoms with van der Waals surface area (Å²) < 4.78 is 4.88. The molecule has 0 radical (unpaired) electrons. The van der Waals surface area contributed by atoms with Gasteiger partial charge in [-0.1, -0.05) is 17.7 Å². The third-order valence-corrected chi connectivity index (χ3v) is 2.19. The number of rotatable bonds is 3. The van der Waals surface area contributed by atoms with E-state index in [4.69, 9.17) is 10.5 Å². The summed E-state index contributed by atoms with van der Waals surface area (Å²) in [6, 6.07) is 5.71. The topological polar surface area (TPSA) is 98.5 Å². The number of ether oxygens (including phenoxy) is 1. The molecule has 3 amide bonds. The summed E-state index contributed by atoms with van der Waals surface area (Å²) >= 11 is 0. The van der Waals surface area contributed by atoms with Gasteiger partial charge in [0.15, 0.2) is 6.10 Å². The Morgan fingerprint density at radius 1 is 1.22 bits per heavy atom. The van der Waals surface area contributed by atoms with E-state index in [1.807, 2.05) is 12.2 Å². The Hall–Kier alpha value is -2.37. The molecule has 0 spiro atoms. The largest absolute Gasteiger partial charge is 0.449 e. The number of nitrogens with two attached hydrogens (primary N) is 1. The van der Waals surface area contributed by atoms with Gasteiger partial charge in [0.05, 0.1) is 5.56 Å². The van der Waals surface area contributed by atoms with E-state index in [1.165, 1.54) is 6.92 Å². The number of hydrogen-bond donors (Lipinski definition) is 2.